The van der Waals surface area contributed by atoms with Gasteiger partial charge >= 0.3 is 12.3 Å². The molecular weight excluding hydrogens is 447 g/mol. The van der Waals surface area contributed by atoms with Crippen LogP contribution in [0.3, 0.4) is 0 Å². The number of hydrogen-bond donors (Lipinski definition) is 2. The highest BCUT2D eigenvalue weighted by molar-refractivity contribution is 6.00. The van der Waals surface area contributed by atoms with Crippen molar-refractivity contribution in [1.82, 2.24) is 4.90 Å². The lowest BCUT2D eigenvalue weighted by Gasteiger charge is -2.48. The first kappa shape index (κ1) is 21.9. The number of carbonyl (C=O) groups excluding carboxylic acids is 1. The number of carbonyl (C=O) groups is 2. The number of alkyl halides is 3. The van der Waals surface area contributed by atoms with E-state index in [1.807, 2.05) is 0 Å². The van der Waals surface area contributed by atoms with Gasteiger partial charge in [0.15, 0.2) is 0 Å². The Labute approximate surface area is 185 Å². The quantitative estimate of drug-likeness (QED) is 0.680. The summed E-state index contributed by atoms with van der Waals surface area (Å²) < 4.78 is 52.7. The minimum Gasteiger partial charge on any atom is -0.465 e. The van der Waals surface area contributed by atoms with E-state index in [0.717, 1.165) is 21.9 Å². The van der Waals surface area contributed by atoms with E-state index in [2.05, 4.69) is 0 Å². The Hall–Kier alpha value is -2.88. The molecular formula is C21H20F3N3O6. The van der Waals surface area contributed by atoms with Gasteiger partial charge in [0.25, 0.3) is 0 Å². The summed E-state index contributed by atoms with van der Waals surface area (Å²) in [6, 6.07) is 3.52. The SMILES string of the molecule is CN(C(=O)O)[C@@H]1[C@@H](O)[C@@]2(C)O[C@@]13CCO[C@H]1[C@@H]3[C@@H]2C(=O)N1c1ccc(C#N)c(C(F)(F)F)c1. The second-order valence-electron chi connectivity index (χ2n) is 9.09. The zero-order valence-electron chi connectivity index (χ0n) is 17.5. The summed E-state index contributed by atoms with van der Waals surface area (Å²) in [7, 11) is 1.31. The first-order valence-corrected chi connectivity index (χ1v) is 10.3. The molecule has 9 nitrogen and oxygen atoms in total. The number of amides is 2. The second kappa shape index (κ2) is 6.59. The van der Waals surface area contributed by atoms with Crippen LogP contribution in [-0.2, 0) is 20.4 Å². The van der Waals surface area contributed by atoms with Crippen LogP contribution < -0.4 is 4.90 Å². The van der Waals surface area contributed by atoms with Crippen LogP contribution in [0.4, 0.5) is 23.7 Å². The maximum Gasteiger partial charge on any atom is 0.417 e. The first-order chi connectivity index (χ1) is 15.4. The third-order valence-corrected chi connectivity index (χ3v) is 7.61. The number of aliphatic hydroxyl groups is 1. The normalized spacial score (nSPS) is 38.9. The Morgan fingerprint density at radius 3 is 2.70 bits per heavy atom. The fraction of sp³-hybridized carbons (Fsp3) is 0.571. The third kappa shape index (κ3) is 2.58. The lowest BCUT2D eigenvalue weighted by molar-refractivity contribution is -0.151. The molecule has 0 aromatic heterocycles. The topological polar surface area (TPSA) is 123 Å². The zero-order valence-corrected chi connectivity index (χ0v) is 17.5. The molecule has 1 aromatic rings. The van der Waals surface area contributed by atoms with Crippen LogP contribution in [0, 0.1) is 23.2 Å². The highest BCUT2D eigenvalue weighted by Gasteiger charge is 2.82. The maximum absolute atomic E-state index is 13.6. The van der Waals surface area contributed by atoms with Crippen molar-refractivity contribution in [2.75, 3.05) is 18.6 Å². The molecule has 12 heteroatoms. The van der Waals surface area contributed by atoms with Crippen LogP contribution in [0.25, 0.3) is 0 Å². The number of nitriles is 1. The summed E-state index contributed by atoms with van der Waals surface area (Å²) in [6.07, 6.45) is -8.22. The van der Waals surface area contributed by atoms with E-state index >= 15 is 0 Å². The summed E-state index contributed by atoms with van der Waals surface area (Å²) in [4.78, 5) is 27.4. The molecule has 4 saturated heterocycles. The first-order valence-electron chi connectivity index (χ1n) is 10.3. The Morgan fingerprint density at radius 1 is 1.39 bits per heavy atom. The van der Waals surface area contributed by atoms with Gasteiger partial charge in [-0.2, -0.15) is 18.4 Å². The molecule has 2 amide bonds. The summed E-state index contributed by atoms with van der Waals surface area (Å²) in [5.74, 6) is -2.23. The minimum absolute atomic E-state index is 0.0484. The average Bonchev–Trinajstić information content (AvgIpc) is 3.28. The van der Waals surface area contributed by atoms with Crippen LogP contribution in [0.15, 0.2) is 18.2 Å². The molecule has 0 saturated carbocycles. The van der Waals surface area contributed by atoms with Gasteiger partial charge in [-0.1, -0.05) is 0 Å². The standard InChI is InChI=1S/C21H20F3N3O6/c1-19-12-13-17(32-6-5-20(13,33-19)14(15(19)28)26(2)18(30)31)27(16(12)29)10-4-3-9(8-25)11(7-10)21(22,23)24/h3-4,7,12-15,17,28H,5-6H2,1-2H3,(H,30,31)/t12-,13+,14-,15-,17+,19+,20-/m1/s1. The van der Waals surface area contributed by atoms with Crippen LogP contribution >= 0.6 is 0 Å². The predicted octanol–water partition coefficient (Wildman–Crippen LogP) is 1.78. The Kier molecular flexibility index (Phi) is 4.38. The lowest BCUT2D eigenvalue weighted by atomic mass is 9.62. The molecule has 33 heavy (non-hydrogen) atoms. The maximum atomic E-state index is 13.6. The summed E-state index contributed by atoms with van der Waals surface area (Å²) in [5, 5.41) is 29.7. The number of benzene rings is 1. The van der Waals surface area contributed by atoms with E-state index in [9.17, 15) is 33.0 Å². The molecule has 2 N–H and O–H groups in total. The van der Waals surface area contributed by atoms with Gasteiger partial charge < -0.3 is 24.6 Å². The van der Waals surface area contributed by atoms with Gasteiger partial charge in [-0.3, -0.25) is 9.69 Å². The molecule has 4 fully saturated rings. The van der Waals surface area contributed by atoms with Crippen molar-refractivity contribution in [1.29, 1.82) is 5.26 Å². The molecule has 4 aliphatic heterocycles. The van der Waals surface area contributed by atoms with Crippen LogP contribution in [0.1, 0.15) is 24.5 Å². The summed E-state index contributed by atoms with van der Waals surface area (Å²) in [5.41, 5.74) is -4.53. The lowest BCUT2D eigenvalue weighted by Crippen LogP contribution is -2.66. The molecule has 4 heterocycles. The smallest absolute Gasteiger partial charge is 0.417 e. The molecule has 5 rings (SSSR count). The molecule has 0 aliphatic carbocycles. The predicted molar refractivity (Wildman–Crippen MR) is 103 cm³/mol. The van der Waals surface area contributed by atoms with Gasteiger partial charge in [0.05, 0.1) is 41.7 Å². The molecule has 4 aliphatic rings. The number of carboxylic acid groups (broad SMARTS) is 1. The summed E-state index contributed by atoms with van der Waals surface area (Å²) >= 11 is 0. The van der Waals surface area contributed by atoms with Crippen molar-refractivity contribution >= 4 is 17.7 Å². The van der Waals surface area contributed by atoms with Gasteiger partial charge in [-0.05, 0) is 25.1 Å². The molecule has 0 radical (unpaired) electrons. The number of likely N-dealkylation sites (N-methyl/N-ethyl adjacent to an activating group) is 1. The van der Waals surface area contributed by atoms with E-state index in [4.69, 9.17) is 14.7 Å². The highest BCUT2D eigenvalue weighted by Crippen LogP contribution is 2.66. The van der Waals surface area contributed by atoms with Crippen LogP contribution in [-0.4, -0.2) is 70.3 Å². The van der Waals surface area contributed by atoms with Crippen molar-refractivity contribution in [2.24, 2.45) is 11.8 Å². The molecule has 176 valence electrons. The van der Waals surface area contributed by atoms with Crippen molar-refractivity contribution < 1.29 is 42.4 Å². The Balaban J connectivity index is 1.63. The van der Waals surface area contributed by atoms with Crippen molar-refractivity contribution in [2.45, 2.75) is 49.1 Å². The second-order valence-corrected chi connectivity index (χ2v) is 9.09. The molecule has 1 aromatic carbocycles. The average molecular weight is 467 g/mol. The van der Waals surface area contributed by atoms with Gasteiger partial charge in [0.1, 0.15) is 23.5 Å². The van der Waals surface area contributed by atoms with E-state index in [1.165, 1.54) is 26.1 Å². The van der Waals surface area contributed by atoms with Gasteiger partial charge in [-0.15, -0.1) is 0 Å². The summed E-state index contributed by atoms with van der Waals surface area (Å²) in [6.45, 7) is 1.57. The van der Waals surface area contributed by atoms with E-state index in [-0.39, 0.29) is 18.7 Å². The van der Waals surface area contributed by atoms with Crippen LogP contribution in [0.5, 0.6) is 0 Å². The molecule has 2 bridgehead atoms. The monoisotopic (exact) mass is 467 g/mol. The highest BCUT2D eigenvalue weighted by atomic mass is 19.4. The van der Waals surface area contributed by atoms with E-state index in [1.54, 1.807) is 0 Å². The number of aliphatic hydroxyl groups excluding tert-OH is 1. The number of nitrogens with zero attached hydrogens (tertiary/aromatic N) is 3. The molecule has 1 spiro atoms. The molecule has 0 unspecified atom stereocenters. The van der Waals surface area contributed by atoms with Crippen molar-refractivity contribution in [3.8, 4) is 6.07 Å². The number of hydrogen-bond acceptors (Lipinski definition) is 6. The van der Waals surface area contributed by atoms with Crippen LogP contribution in [0.2, 0.25) is 0 Å². The largest absolute Gasteiger partial charge is 0.465 e. The number of ether oxygens (including phenoxy) is 2. The Bertz CT molecular complexity index is 1110. The number of anilines is 1. The van der Waals surface area contributed by atoms with Gasteiger partial charge in [0, 0.05) is 19.2 Å². The van der Waals surface area contributed by atoms with Gasteiger partial charge in [-0.25, -0.2) is 4.79 Å². The van der Waals surface area contributed by atoms with E-state index in [0.29, 0.717) is 0 Å². The van der Waals surface area contributed by atoms with Gasteiger partial charge in [0.2, 0.25) is 5.91 Å². The minimum atomic E-state index is -4.81. The van der Waals surface area contributed by atoms with Crippen molar-refractivity contribution in [3.05, 3.63) is 29.3 Å². The molecule has 7 atom stereocenters. The Morgan fingerprint density at radius 2 is 2.09 bits per heavy atom. The zero-order chi connectivity index (χ0) is 24.1. The number of halogens is 3. The number of fused-ring (bicyclic) bond motifs is 2. The van der Waals surface area contributed by atoms with Crippen molar-refractivity contribution in [3.63, 3.8) is 0 Å². The fourth-order valence-electron chi connectivity index (χ4n) is 6.33. The number of rotatable bonds is 2. The fourth-order valence-corrected chi connectivity index (χ4v) is 6.33. The van der Waals surface area contributed by atoms with E-state index < -0.39 is 70.7 Å². The third-order valence-electron chi connectivity index (χ3n) is 7.61.